The molecule has 0 saturated carbocycles. The topological polar surface area (TPSA) is 0 Å². The molecule has 0 bridgehead atoms. The van der Waals surface area contributed by atoms with Crippen molar-refractivity contribution >= 4 is 22.4 Å². The summed E-state index contributed by atoms with van der Waals surface area (Å²) >= 11 is 6.02. The van der Waals surface area contributed by atoms with Gasteiger partial charge in [-0.15, -0.1) is 0 Å². The number of fused-ring (bicyclic) bond motifs is 1. The lowest BCUT2D eigenvalue weighted by molar-refractivity contribution is 0.632. The molecule has 0 atom stereocenters. The SMILES string of the molecule is CCCCc1cc2ccccc2c(CCCC)c1-c1ccc(-c2ccc(Cl)cc2)c(F)c1. The van der Waals surface area contributed by atoms with Crippen molar-refractivity contribution in [2.24, 2.45) is 0 Å². The predicted molar refractivity (Wildman–Crippen MR) is 137 cm³/mol. The first kappa shape index (κ1) is 22.6. The monoisotopic (exact) mass is 444 g/mol. The van der Waals surface area contributed by atoms with Gasteiger partial charge in [-0.2, -0.15) is 0 Å². The van der Waals surface area contributed by atoms with E-state index in [4.69, 9.17) is 11.6 Å². The summed E-state index contributed by atoms with van der Waals surface area (Å²) in [6, 6.07) is 24.0. The van der Waals surface area contributed by atoms with E-state index in [1.165, 1.54) is 27.5 Å². The molecule has 0 N–H and O–H groups in total. The van der Waals surface area contributed by atoms with Crippen molar-refractivity contribution in [3.8, 4) is 22.3 Å². The van der Waals surface area contributed by atoms with Crippen molar-refractivity contribution in [2.45, 2.75) is 52.4 Å². The van der Waals surface area contributed by atoms with Gasteiger partial charge in [0.15, 0.2) is 0 Å². The van der Waals surface area contributed by atoms with Gasteiger partial charge in [0.25, 0.3) is 0 Å². The largest absolute Gasteiger partial charge is 0.206 e. The van der Waals surface area contributed by atoms with Crippen molar-refractivity contribution in [2.75, 3.05) is 0 Å². The number of benzene rings is 4. The fraction of sp³-hybridized carbons (Fsp3) is 0.267. The first-order valence-electron chi connectivity index (χ1n) is 11.7. The molecule has 0 fully saturated rings. The Morgan fingerprint density at radius 1 is 0.750 bits per heavy atom. The van der Waals surface area contributed by atoms with Crippen LogP contribution in [0.3, 0.4) is 0 Å². The fourth-order valence-corrected chi connectivity index (χ4v) is 4.68. The zero-order valence-electron chi connectivity index (χ0n) is 18.9. The average molecular weight is 445 g/mol. The molecule has 0 saturated heterocycles. The zero-order chi connectivity index (χ0) is 22.5. The van der Waals surface area contributed by atoms with Crippen LogP contribution in [0.4, 0.5) is 4.39 Å². The minimum atomic E-state index is -0.194. The van der Waals surface area contributed by atoms with E-state index in [9.17, 15) is 0 Å². The molecule has 0 amide bonds. The highest BCUT2D eigenvalue weighted by Gasteiger charge is 2.17. The lowest BCUT2D eigenvalue weighted by atomic mass is 9.85. The van der Waals surface area contributed by atoms with Gasteiger partial charge in [-0.05, 0) is 82.5 Å². The minimum Gasteiger partial charge on any atom is -0.206 e. The summed E-state index contributed by atoms with van der Waals surface area (Å²) in [7, 11) is 0. The second kappa shape index (κ2) is 10.3. The van der Waals surface area contributed by atoms with E-state index in [1.807, 2.05) is 18.2 Å². The van der Waals surface area contributed by atoms with Crippen molar-refractivity contribution in [1.82, 2.24) is 0 Å². The molecular formula is C30H30ClF. The molecular weight excluding hydrogens is 415 g/mol. The van der Waals surface area contributed by atoms with E-state index in [-0.39, 0.29) is 5.82 Å². The molecule has 0 spiro atoms. The highest BCUT2D eigenvalue weighted by Crippen LogP contribution is 2.38. The van der Waals surface area contributed by atoms with Crippen LogP contribution in [0.15, 0.2) is 72.8 Å². The van der Waals surface area contributed by atoms with E-state index < -0.39 is 0 Å². The standard InChI is InChI=1S/C30H30ClF/c1-3-5-9-23-19-22-10-7-8-12-26(22)28(11-6-4-2)30(23)24-15-18-27(29(32)20-24)21-13-16-25(31)17-14-21/h7-8,10,12-20H,3-6,9,11H2,1-2H3. The zero-order valence-corrected chi connectivity index (χ0v) is 19.7. The summed E-state index contributed by atoms with van der Waals surface area (Å²) in [5, 5.41) is 3.23. The Hall–Kier alpha value is -2.64. The molecule has 0 heterocycles. The molecule has 164 valence electrons. The molecule has 0 aliphatic carbocycles. The van der Waals surface area contributed by atoms with Crippen LogP contribution in [-0.2, 0) is 12.8 Å². The Morgan fingerprint density at radius 3 is 2.16 bits per heavy atom. The number of hydrogen-bond donors (Lipinski definition) is 0. The predicted octanol–water partition coefficient (Wildman–Crippen LogP) is 9.65. The van der Waals surface area contributed by atoms with Crippen LogP contribution < -0.4 is 0 Å². The number of rotatable bonds is 8. The second-order valence-corrected chi connectivity index (χ2v) is 8.96. The third kappa shape index (κ3) is 4.74. The van der Waals surface area contributed by atoms with Gasteiger partial charge in [0.05, 0.1) is 0 Å². The number of unbranched alkanes of at least 4 members (excludes halogenated alkanes) is 2. The number of halogens is 2. The van der Waals surface area contributed by atoms with Crippen molar-refractivity contribution < 1.29 is 4.39 Å². The molecule has 0 aliphatic rings. The van der Waals surface area contributed by atoms with Crippen molar-refractivity contribution in [1.29, 1.82) is 0 Å². The Balaban J connectivity index is 1.89. The summed E-state index contributed by atoms with van der Waals surface area (Å²) in [5.74, 6) is -0.194. The lowest BCUT2D eigenvalue weighted by Crippen LogP contribution is -2.00. The van der Waals surface area contributed by atoms with E-state index in [2.05, 4.69) is 50.2 Å². The maximum Gasteiger partial charge on any atom is 0.131 e. The second-order valence-electron chi connectivity index (χ2n) is 8.52. The van der Waals surface area contributed by atoms with Crippen LogP contribution >= 0.6 is 11.6 Å². The molecule has 32 heavy (non-hydrogen) atoms. The maximum absolute atomic E-state index is 15.4. The Kier molecular flexibility index (Phi) is 7.27. The van der Waals surface area contributed by atoms with Crippen molar-refractivity contribution in [3.63, 3.8) is 0 Å². The van der Waals surface area contributed by atoms with Gasteiger partial charge in [-0.3, -0.25) is 0 Å². The molecule has 0 nitrogen and oxygen atoms in total. The van der Waals surface area contributed by atoms with Gasteiger partial charge in [0.1, 0.15) is 5.82 Å². The smallest absolute Gasteiger partial charge is 0.131 e. The summed E-state index contributed by atoms with van der Waals surface area (Å²) in [6.45, 7) is 4.45. The Morgan fingerprint density at radius 2 is 1.44 bits per heavy atom. The summed E-state index contributed by atoms with van der Waals surface area (Å²) < 4.78 is 15.4. The van der Waals surface area contributed by atoms with Gasteiger partial charge in [-0.25, -0.2) is 4.39 Å². The average Bonchev–Trinajstić information content (AvgIpc) is 2.81. The van der Waals surface area contributed by atoms with Gasteiger partial charge >= 0.3 is 0 Å². The van der Waals surface area contributed by atoms with E-state index in [1.54, 1.807) is 18.2 Å². The molecule has 0 unspecified atom stereocenters. The van der Waals surface area contributed by atoms with Crippen molar-refractivity contribution in [3.05, 3.63) is 94.8 Å². The molecule has 0 aromatic heterocycles. The first-order chi connectivity index (χ1) is 15.6. The lowest BCUT2D eigenvalue weighted by Gasteiger charge is -2.19. The van der Waals surface area contributed by atoms with Crippen LogP contribution in [-0.4, -0.2) is 0 Å². The fourth-order valence-electron chi connectivity index (χ4n) is 4.56. The normalized spacial score (nSPS) is 11.2. The number of aryl methyl sites for hydroxylation is 2. The maximum atomic E-state index is 15.4. The van der Waals surface area contributed by atoms with Crippen LogP contribution in [0, 0.1) is 5.82 Å². The minimum absolute atomic E-state index is 0.194. The molecule has 4 aromatic rings. The van der Waals surface area contributed by atoms with Gasteiger partial charge < -0.3 is 0 Å². The van der Waals surface area contributed by atoms with Gasteiger partial charge in [0.2, 0.25) is 0 Å². The summed E-state index contributed by atoms with van der Waals surface area (Å²) in [6.07, 6.45) is 6.55. The molecule has 0 radical (unpaired) electrons. The van der Waals surface area contributed by atoms with E-state index in [0.29, 0.717) is 10.6 Å². The van der Waals surface area contributed by atoms with E-state index in [0.717, 1.165) is 49.7 Å². The van der Waals surface area contributed by atoms with Gasteiger partial charge in [-0.1, -0.05) is 92.9 Å². The Bertz CT molecular complexity index is 1210. The Labute approximate surface area is 196 Å². The van der Waals surface area contributed by atoms with E-state index >= 15 is 4.39 Å². The van der Waals surface area contributed by atoms with Crippen LogP contribution in [0.5, 0.6) is 0 Å². The van der Waals surface area contributed by atoms with Crippen LogP contribution in [0.2, 0.25) is 5.02 Å². The summed E-state index contributed by atoms with van der Waals surface area (Å²) in [5.41, 5.74) is 6.34. The molecule has 4 aromatic carbocycles. The molecule has 2 heteroatoms. The third-order valence-corrected chi connectivity index (χ3v) is 6.48. The van der Waals surface area contributed by atoms with Gasteiger partial charge in [0, 0.05) is 10.6 Å². The summed E-state index contributed by atoms with van der Waals surface area (Å²) in [4.78, 5) is 0. The quantitative estimate of drug-likeness (QED) is 0.253. The number of hydrogen-bond acceptors (Lipinski definition) is 0. The van der Waals surface area contributed by atoms with Crippen LogP contribution in [0.1, 0.15) is 50.7 Å². The first-order valence-corrected chi connectivity index (χ1v) is 12.1. The van der Waals surface area contributed by atoms with Crippen LogP contribution in [0.25, 0.3) is 33.0 Å². The third-order valence-electron chi connectivity index (χ3n) is 6.23. The highest BCUT2D eigenvalue weighted by molar-refractivity contribution is 6.30. The highest BCUT2D eigenvalue weighted by atomic mass is 35.5. The molecule has 4 rings (SSSR count). The molecule has 0 aliphatic heterocycles.